The van der Waals surface area contributed by atoms with Gasteiger partial charge < -0.3 is 20.1 Å². The summed E-state index contributed by atoms with van der Waals surface area (Å²) >= 11 is 0. The van der Waals surface area contributed by atoms with Gasteiger partial charge in [-0.05, 0) is 48.7 Å². The third kappa shape index (κ3) is 5.68. The lowest BCUT2D eigenvalue weighted by Gasteiger charge is -2.37. The van der Waals surface area contributed by atoms with Gasteiger partial charge in [-0.3, -0.25) is 4.98 Å². The molecule has 2 heterocycles. The van der Waals surface area contributed by atoms with Gasteiger partial charge in [0, 0.05) is 44.5 Å². The number of aromatic nitrogens is 1. The van der Waals surface area contributed by atoms with E-state index in [0.717, 1.165) is 17.5 Å². The van der Waals surface area contributed by atoms with E-state index in [4.69, 9.17) is 4.74 Å². The van der Waals surface area contributed by atoms with Crippen molar-refractivity contribution in [2.45, 2.75) is 44.2 Å². The van der Waals surface area contributed by atoms with Gasteiger partial charge in [-0.15, -0.1) is 0 Å². The summed E-state index contributed by atoms with van der Waals surface area (Å²) in [5, 5.41) is 12.6. The lowest BCUT2D eigenvalue weighted by atomic mass is 10.0. The Kier molecular flexibility index (Phi) is 8.51. The molecule has 0 fully saturated rings. The Morgan fingerprint density at radius 2 is 2.00 bits per heavy atom. The molecule has 0 bridgehead atoms. The number of hydrogen-bond acceptors (Lipinski definition) is 6. The third-order valence-electron chi connectivity index (χ3n) is 6.01. The van der Waals surface area contributed by atoms with Crippen LogP contribution in [0.25, 0.3) is 11.1 Å². The maximum Gasteiger partial charge on any atom is 0.317 e. The maximum atomic E-state index is 13.6. The van der Waals surface area contributed by atoms with E-state index in [1.165, 1.54) is 4.31 Å². The number of pyridine rings is 1. The van der Waals surface area contributed by atoms with Gasteiger partial charge in [-0.25, -0.2) is 13.2 Å². The number of amides is 2. The van der Waals surface area contributed by atoms with Gasteiger partial charge in [0.15, 0.2) is 0 Å². The van der Waals surface area contributed by atoms with Crippen LogP contribution in [0.3, 0.4) is 0 Å². The molecule has 2 N–H and O–H groups in total. The minimum Gasteiger partial charge on any atom is -0.487 e. The van der Waals surface area contributed by atoms with E-state index in [-0.39, 0.29) is 42.3 Å². The number of benzene rings is 1. The van der Waals surface area contributed by atoms with Crippen molar-refractivity contribution in [3.05, 3.63) is 42.7 Å². The van der Waals surface area contributed by atoms with Crippen molar-refractivity contribution >= 4 is 16.1 Å². The summed E-state index contributed by atoms with van der Waals surface area (Å²) in [5.74, 6) is -0.0219. The summed E-state index contributed by atoms with van der Waals surface area (Å²) in [6.45, 7) is 6.25. The Hall–Kier alpha value is -2.69. The van der Waals surface area contributed by atoms with Crippen molar-refractivity contribution in [1.29, 1.82) is 0 Å². The van der Waals surface area contributed by atoms with Crippen molar-refractivity contribution in [1.82, 2.24) is 19.5 Å². The number of aliphatic hydroxyl groups excluding tert-OH is 1. The van der Waals surface area contributed by atoms with Gasteiger partial charge in [-0.2, -0.15) is 4.31 Å². The quantitative estimate of drug-likeness (QED) is 0.617. The Balaban J connectivity index is 2.04. The maximum absolute atomic E-state index is 13.6. The van der Waals surface area contributed by atoms with Crippen LogP contribution >= 0.6 is 0 Å². The zero-order valence-electron chi connectivity index (χ0n) is 20.1. The largest absolute Gasteiger partial charge is 0.487 e. The monoisotopic (exact) mass is 490 g/mol. The molecule has 0 saturated carbocycles. The van der Waals surface area contributed by atoms with E-state index in [0.29, 0.717) is 6.54 Å². The highest BCUT2D eigenvalue weighted by atomic mass is 32.2. The van der Waals surface area contributed by atoms with E-state index >= 15 is 0 Å². The molecule has 34 heavy (non-hydrogen) atoms. The Labute approximate surface area is 201 Å². The molecular weight excluding hydrogens is 456 g/mol. The van der Waals surface area contributed by atoms with Crippen LogP contribution in [0.15, 0.2) is 47.6 Å². The topological polar surface area (TPSA) is 112 Å². The first kappa shape index (κ1) is 25.9. The van der Waals surface area contributed by atoms with Crippen molar-refractivity contribution in [2.24, 2.45) is 5.92 Å². The van der Waals surface area contributed by atoms with Crippen LogP contribution in [0.4, 0.5) is 4.79 Å². The summed E-state index contributed by atoms with van der Waals surface area (Å²) in [4.78, 5) is 18.1. The molecule has 0 saturated heterocycles. The fraction of sp³-hybridized carbons (Fsp3) is 0.500. The minimum atomic E-state index is -3.92. The van der Waals surface area contributed by atoms with E-state index in [1.807, 2.05) is 26.0 Å². The second-order valence-electron chi connectivity index (χ2n) is 8.75. The number of nitrogens with zero attached hydrogens (tertiary/aromatic N) is 3. The standard InChI is InChI=1S/C24H34N4O5S/c1-5-10-26-24(30)27(4)15-22-17(2)14-28(18(3)16-29)34(31,32)23-7-6-20(13-21(23)33-22)19-8-11-25-12-9-19/h6-9,11-13,17-18,22,29H,5,10,14-16H2,1-4H3,(H,26,30)/t17-,18+,22+/m1/s1. The molecule has 3 atom stereocenters. The lowest BCUT2D eigenvalue weighted by Crippen LogP contribution is -2.51. The first-order valence-corrected chi connectivity index (χ1v) is 13.0. The van der Waals surface area contributed by atoms with Gasteiger partial charge in [-0.1, -0.05) is 19.9 Å². The summed E-state index contributed by atoms with van der Waals surface area (Å²) in [7, 11) is -2.23. The number of fused-ring (bicyclic) bond motifs is 1. The number of urea groups is 1. The van der Waals surface area contributed by atoms with Gasteiger partial charge in [0.2, 0.25) is 10.0 Å². The van der Waals surface area contributed by atoms with Crippen LogP contribution < -0.4 is 10.1 Å². The number of ether oxygens (including phenoxy) is 1. The molecule has 2 amide bonds. The first-order valence-electron chi connectivity index (χ1n) is 11.5. The molecule has 0 aliphatic carbocycles. The summed E-state index contributed by atoms with van der Waals surface area (Å²) in [6, 6.07) is 7.86. The second-order valence-corrected chi connectivity index (χ2v) is 10.6. The predicted octanol–water partition coefficient (Wildman–Crippen LogP) is 2.57. The molecule has 10 heteroatoms. The van der Waals surface area contributed by atoms with Crippen LogP contribution in [0.1, 0.15) is 27.2 Å². The predicted molar refractivity (Wildman–Crippen MR) is 130 cm³/mol. The van der Waals surface area contributed by atoms with Crippen molar-refractivity contribution in [3.8, 4) is 16.9 Å². The molecule has 0 spiro atoms. The summed E-state index contributed by atoms with van der Waals surface area (Å²) in [5.41, 5.74) is 1.67. The Morgan fingerprint density at radius 1 is 1.29 bits per heavy atom. The third-order valence-corrected chi connectivity index (χ3v) is 8.03. The lowest BCUT2D eigenvalue weighted by molar-refractivity contribution is 0.0813. The Morgan fingerprint density at radius 3 is 2.65 bits per heavy atom. The van der Waals surface area contributed by atoms with E-state index in [9.17, 15) is 18.3 Å². The molecule has 0 unspecified atom stereocenters. The molecule has 2 aromatic rings. The zero-order chi connectivity index (χ0) is 24.9. The highest BCUT2D eigenvalue weighted by molar-refractivity contribution is 7.89. The van der Waals surface area contributed by atoms with Crippen LogP contribution in [0.2, 0.25) is 0 Å². The molecule has 3 rings (SSSR count). The second kappa shape index (κ2) is 11.2. The molecule has 186 valence electrons. The number of sulfonamides is 1. The van der Waals surface area contributed by atoms with Crippen molar-refractivity contribution in [3.63, 3.8) is 0 Å². The van der Waals surface area contributed by atoms with Crippen molar-refractivity contribution in [2.75, 3.05) is 33.3 Å². The fourth-order valence-electron chi connectivity index (χ4n) is 3.89. The molecule has 1 aromatic heterocycles. The van der Waals surface area contributed by atoms with E-state index < -0.39 is 22.2 Å². The average molecular weight is 491 g/mol. The van der Waals surface area contributed by atoms with Gasteiger partial charge in [0.05, 0.1) is 13.2 Å². The summed E-state index contributed by atoms with van der Waals surface area (Å²) in [6.07, 6.45) is 3.70. The molecule has 9 nitrogen and oxygen atoms in total. The van der Waals surface area contributed by atoms with Gasteiger partial charge >= 0.3 is 6.03 Å². The highest BCUT2D eigenvalue weighted by Crippen LogP contribution is 2.36. The number of likely N-dealkylation sites (N-methyl/N-ethyl adjacent to an activating group) is 1. The Bertz CT molecular complexity index is 1080. The first-order chi connectivity index (χ1) is 16.2. The van der Waals surface area contributed by atoms with E-state index in [1.54, 1.807) is 49.5 Å². The van der Waals surface area contributed by atoms with Crippen molar-refractivity contribution < 1.29 is 23.1 Å². The number of aliphatic hydroxyl groups is 1. The normalized spacial score (nSPS) is 20.9. The SMILES string of the molecule is CCCNC(=O)N(C)C[C@@H]1Oc2cc(-c3ccncc3)ccc2S(=O)(=O)N([C@@H](C)CO)C[C@H]1C. The average Bonchev–Trinajstić information content (AvgIpc) is 2.84. The smallest absolute Gasteiger partial charge is 0.317 e. The molecule has 1 aliphatic heterocycles. The van der Waals surface area contributed by atoms with Gasteiger partial charge in [0.25, 0.3) is 0 Å². The zero-order valence-corrected chi connectivity index (χ0v) is 21.0. The molecular formula is C24H34N4O5S. The summed E-state index contributed by atoms with van der Waals surface area (Å²) < 4.78 is 34.8. The molecule has 0 radical (unpaired) electrons. The van der Waals surface area contributed by atoms with Gasteiger partial charge in [0.1, 0.15) is 16.7 Å². The molecule has 1 aromatic carbocycles. The highest BCUT2D eigenvalue weighted by Gasteiger charge is 2.38. The van der Waals surface area contributed by atoms with Crippen LogP contribution in [0.5, 0.6) is 5.75 Å². The minimum absolute atomic E-state index is 0.0422. The van der Waals surface area contributed by atoms with Crippen LogP contribution in [-0.2, 0) is 10.0 Å². The fourth-order valence-corrected chi connectivity index (χ4v) is 5.71. The number of hydrogen-bond donors (Lipinski definition) is 2. The van der Waals surface area contributed by atoms with Crippen LogP contribution in [0, 0.1) is 5.92 Å². The van der Waals surface area contributed by atoms with Crippen LogP contribution in [-0.4, -0.2) is 79.2 Å². The number of carbonyl (C=O) groups is 1. The number of nitrogens with one attached hydrogen (secondary N) is 1. The van der Waals surface area contributed by atoms with E-state index in [2.05, 4.69) is 10.3 Å². The molecule has 1 aliphatic rings. The number of carbonyl (C=O) groups excluding carboxylic acids is 1. The number of rotatable bonds is 7.